The third-order valence-electron chi connectivity index (χ3n) is 6.24. The first-order valence-electron chi connectivity index (χ1n) is 11.7. The maximum atomic E-state index is 13.6. The number of halogens is 1. The first kappa shape index (κ1) is 23.7. The standard InChI is InChI=1S/C28H27FN2O5/c1-30-28(32)26-22-15-25(35-17-18-3-9-21(33-2)10-4-18)23(31-11-13-34-14-12-31)16-24(22)36-27(26)19-5-7-20(29)8-6-19/h3-10,15-16H,11-14,17H2,1-2H3,(H,30,32). The number of hydrogen-bond donors (Lipinski definition) is 1. The Balaban J connectivity index is 1.60. The van der Waals surface area contributed by atoms with Crippen molar-refractivity contribution >= 4 is 22.6 Å². The molecule has 1 amide bonds. The highest BCUT2D eigenvalue weighted by Gasteiger charge is 2.25. The lowest BCUT2D eigenvalue weighted by Crippen LogP contribution is -2.36. The molecule has 1 saturated heterocycles. The molecule has 36 heavy (non-hydrogen) atoms. The van der Waals surface area contributed by atoms with Crippen LogP contribution in [0, 0.1) is 5.82 Å². The van der Waals surface area contributed by atoms with Crippen molar-refractivity contribution < 1.29 is 27.8 Å². The van der Waals surface area contributed by atoms with Gasteiger partial charge in [0.1, 0.15) is 35.3 Å². The molecular formula is C28H27FN2O5. The first-order valence-corrected chi connectivity index (χ1v) is 11.7. The largest absolute Gasteiger partial charge is 0.497 e. The van der Waals surface area contributed by atoms with E-state index in [-0.39, 0.29) is 11.7 Å². The van der Waals surface area contributed by atoms with E-state index in [0.717, 1.165) is 17.0 Å². The van der Waals surface area contributed by atoms with E-state index in [4.69, 9.17) is 18.6 Å². The lowest BCUT2D eigenvalue weighted by Gasteiger charge is -2.30. The summed E-state index contributed by atoms with van der Waals surface area (Å²) in [6, 6.07) is 17.3. The molecule has 186 valence electrons. The summed E-state index contributed by atoms with van der Waals surface area (Å²) in [6.07, 6.45) is 0. The van der Waals surface area contributed by atoms with Crippen molar-refractivity contribution in [1.82, 2.24) is 5.32 Å². The maximum Gasteiger partial charge on any atom is 0.255 e. The van der Waals surface area contributed by atoms with Gasteiger partial charge >= 0.3 is 0 Å². The summed E-state index contributed by atoms with van der Waals surface area (Å²) in [5.41, 5.74) is 3.38. The average Bonchev–Trinajstić information content (AvgIpc) is 3.30. The monoisotopic (exact) mass is 490 g/mol. The fourth-order valence-corrected chi connectivity index (χ4v) is 4.32. The molecule has 2 heterocycles. The highest BCUT2D eigenvalue weighted by molar-refractivity contribution is 6.12. The van der Waals surface area contributed by atoms with E-state index in [0.29, 0.717) is 66.5 Å². The molecule has 0 spiro atoms. The number of carbonyl (C=O) groups excluding carboxylic acids is 1. The summed E-state index contributed by atoms with van der Waals surface area (Å²) in [7, 11) is 3.20. The minimum atomic E-state index is -0.361. The van der Waals surface area contributed by atoms with E-state index in [9.17, 15) is 9.18 Å². The van der Waals surface area contributed by atoms with Crippen LogP contribution in [-0.2, 0) is 11.3 Å². The Hall–Kier alpha value is -4.04. The number of carbonyl (C=O) groups is 1. The van der Waals surface area contributed by atoms with Crippen molar-refractivity contribution in [1.29, 1.82) is 0 Å². The minimum Gasteiger partial charge on any atom is -0.497 e. The zero-order valence-electron chi connectivity index (χ0n) is 20.2. The first-order chi connectivity index (χ1) is 17.6. The Bertz CT molecular complexity index is 1360. The van der Waals surface area contributed by atoms with Gasteiger partial charge in [-0.15, -0.1) is 0 Å². The van der Waals surface area contributed by atoms with Crippen molar-refractivity contribution in [2.24, 2.45) is 0 Å². The number of ether oxygens (including phenoxy) is 3. The molecule has 7 nitrogen and oxygen atoms in total. The Morgan fingerprint density at radius 1 is 1.06 bits per heavy atom. The number of methoxy groups -OCH3 is 1. The molecule has 0 bridgehead atoms. The molecule has 0 atom stereocenters. The number of anilines is 1. The second-order valence-electron chi connectivity index (χ2n) is 8.44. The van der Waals surface area contributed by atoms with Gasteiger partial charge in [-0.2, -0.15) is 0 Å². The Labute approximate surface area is 208 Å². The number of amides is 1. The molecule has 0 aliphatic carbocycles. The van der Waals surface area contributed by atoms with Crippen LogP contribution in [0.1, 0.15) is 15.9 Å². The molecule has 1 aliphatic heterocycles. The van der Waals surface area contributed by atoms with Crippen molar-refractivity contribution in [3.63, 3.8) is 0 Å². The SMILES string of the molecule is CNC(=O)c1c(-c2ccc(F)cc2)oc2cc(N3CCOCC3)c(OCc3ccc(OC)cc3)cc12. The van der Waals surface area contributed by atoms with Crippen molar-refractivity contribution in [2.45, 2.75) is 6.61 Å². The quantitative estimate of drug-likeness (QED) is 0.392. The van der Waals surface area contributed by atoms with Crippen LogP contribution in [0.4, 0.5) is 10.1 Å². The van der Waals surface area contributed by atoms with Crippen LogP contribution in [0.3, 0.4) is 0 Å². The number of morpholine rings is 1. The summed E-state index contributed by atoms with van der Waals surface area (Å²) < 4.78 is 36.9. The van der Waals surface area contributed by atoms with E-state index in [1.807, 2.05) is 36.4 Å². The zero-order chi connectivity index (χ0) is 25.1. The molecule has 1 N–H and O–H groups in total. The number of nitrogens with one attached hydrogen (secondary N) is 1. The van der Waals surface area contributed by atoms with Crippen LogP contribution in [-0.4, -0.2) is 46.4 Å². The number of rotatable bonds is 7. The van der Waals surface area contributed by atoms with Crippen LogP contribution in [0.15, 0.2) is 65.1 Å². The van der Waals surface area contributed by atoms with Gasteiger partial charge in [0.2, 0.25) is 0 Å². The van der Waals surface area contributed by atoms with Crippen LogP contribution in [0.5, 0.6) is 11.5 Å². The van der Waals surface area contributed by atoms with Gasteiger partial charge < -0.3 is 28.8 Å². The fourth-order valence-electron chi connectivity index (χ4n) is 4.32. The average molecular weight is 491 g/mol. The molecule has 8 heteroatoms. The predicted molar refractivity (Wildman–Crippen MR) is 135 cm³/mol. The van der Waals surface area contributed by atoms with E-state index in [1.54, 1.807) is 26.3 Å². The van der Waals surface area contributed by atoms with E-state index in [2.05, 4.69) is 10.2 Å². The molecule has 0 saturated carbocycles. The maximum absolute atomic E-state index is 13.6. The van der Waals surface area contributed by atoms with Crippen molar-refractivity contribution in [3.8, 4) is 22.8 Å². The molecule has 0 unspecified atom stereocenters. The summed E-state index contributed by atoms with van der Waals surface area (Å²) >= 11 is 0. The minimum absolute atomic E-state index is 0.298. The van der Waals surface area contributed by atoms with Gasteiger partial charge in [0.25, 0.3) is 5.91 Å². The summed E-state index contributed by atoms with van der Waals surface area (Å²) in [6.45, 7) is 2.97. The Morgan fingerprint density at radius 2 is 1.78 bits per heavy atom. The van der Waals surface area contributed by atoms with Crippen LogP contribution in [0.25, 0.3) is 22.3 Å². The van der Waals surface area contributed by atoms with Gasteiger partial charge in [0.15, 0.2) is 0 Å². The van der Waals surface area contributed by atoms with Crippen molar-refractivity contribution in [2.75, 3.05) is 45.4 Å². The van der Waals surface area contributed by atoms with Gasteiger partial charge in [0.05, 0.1) is 31.6 Å². The summed E-state index contributed by atoms with van der Waals surface area (Å²) in [4.78, 5) is 15.1. The fraction of sp³-hybridized carbons (Fsp3) is 0.250. The predicted octanol–water partition coefficient (Wildman–Crippen LogP) is 5.02. The van der Waals surface area contributed by atoms with E-state index >= 15 is 0 Å². The number of fused-ring (bicyclic) bond motifs is 1. The second kappa shape index (κ2) is 10.3. The van der Waals surface area contributed by atoms with Gasteiger partial charge in [-0.3, -0.25) is 4.79 Å². The molecule has 1 aliphatic rings. The highest BCUT2D eigenvalue weighted by Crippen LogP contribution is 2.41. The van der Waals surface area contributed by atoms with Gasteiger partial charge in [-0.25, -0.2) is 4.39 Å². The molecule has 1 aromatic heterocycles. The molecular weight excluding hydrogens is 463 g/mol. The van der Waals surface area contributed by atoms with Crippen molar-refractivity contribution in [3.05, 3.63) is 77.6 Å². The van der Waals surface area contributed by atoms with Crippen LogP contribution < -0.4 is 19.7 Å². The summed E-state index contributed by atoms with van der Waals surface area (Å²) in [5, 5.41) is 3.32. The number of hydrogen-bond acceptors (Lipinski definition) is 6. The van der Waals surface area contributed by atoms with Gasteiger partial charge in [0, 0.05) is 37.2 Å². The highest BCUT2D eigenvalue weighted by atomic mass is 19.1. The van der Waals surface area contributed by atoms with Crippen LogP contribution >= 0.6 is 0 Å². The number of furan rings is 1. The molecule has 5 rings (SSSR count). The lowest BCUT2D eigenvalue weighted by atomic mass is 10.0. The Morgan fingerprint density at radius 3 is 2.44 bits per heavy atom. The smallest absolute Gasteiger partial charge is 0.255 e. The van der Waals surface area contributed by atoms with Crippen LogP contribution in [0.2, 0.25) is 0 Å². The lowest BCUT2D eigenvalue weighted by molar-refractivity contribution is 0.0964. The number of benzene rings is 3. The molecule has 0 radical (unpaired) electrons. The molecule has 4 aromatic rings. The summed E-state index contributed by atoms with van der Waals surface area (Å²) in [5.74, 6) is 1.13. The normalized spacial score (nSPS) is 13.6. The van der Waals surface area contributed by atoms with Gasteiger partial charge in [-0.1, -0.05) is 12.1 Å². The molecule has 1 fully saturated rings. The molecule has 3 aromatic carbocycles. The third-order valence-corrected chi connectivity index (χ3v) is 6.24. The zero-order valence-corrected chi connectivity index (χ0v) is 20.2. The third kappa shape index (κ3) is 4.72. The van der Waals surface area contributed by atoms with E-state index in [1.165, 1.54) is 12.1 Å². The Kier molecular flexibility index (Phi) is 6.77. The number of nitrogens with zero attached hydrogens (tertiary/aromatic N) is 1. The topological polar surface area (TPSA) is 73.2 Å². The van der Waals surface area contributed by atoms with E-state index < -0.39 is 0 Å². The van der Waals surface area contributed by atoms with Gasteiger partial charge in [-0.05, 0) is 48.0 Å². The second-order valence-corrected chi connectivity index (χ2v) is 8.44.